The normalized spacial score (nSPS) is 19.6. The van der Waals surface area contributed by atoms with E-state index in [4.69, 9.17) is 0 Å². The van der Waals surface area contributed by atoms with E-state index in [-0.39, 0.29) is 42.8 Å². The molecule has 7 heteroatoms. The van der Waals surface area contributed by atoms with Gasteiger partial charge >= 0.3 is 0 Å². The summed E-state index contributed by atoms with van der Waals surface area (Å²) in [4.78, 5) is 25.9. The van der Waals surface area contributed by atoms with E-state index in [9.17, 15) is 18.0 Å². The van der Waals surface area contributed by atoms with Gasteiger partial charge in [0.15, 0.2) is 9.84 Å². The molecule has 0 radical (unpaired) electrons. The van der Waals surface area contributed by atoms with E-state index in [1.807, 2.05) is 13.8 Å². The fourth-order valence-electron chi connectivity index (χ4n) is 2.36. The second kappa shape index (κ2) is 6.56. The van der Waals surface area contributed by atoms with E-state index in [2.05, 4.69) is 5.32 Å². The van der Waals surface area contributed by atoms with Gasteiger partial charge in [0.25, 0.3) is 0 Å². The Morgan fingerprint density at radius 1 is 1.20 bits per heavy atom. The summed E-state index contributed by atoms with van der Waals surface area (Å²) in [5, 5.41) is 2.80. The first-order chi connectivity index (χ1) is 9.30. The van der Waals surface area contributed by atoms with Crippen molar-refractivity contribution in [2.45, 2.75) is 45.6 Å². The van der Waals surface area contributed by atoms with Crippen LogP contribution in [0.4, 0.5) is 0 Å². The number of hydrogen-bond donors (Lipinski definition) is 1. The maximum Gasteiger partial charge on any atom is 0.248 e. The molecule has 0 aromatic rings. The molecule has 1 saturated heterocycles. The number of nitrogens with zero attached hydrogens (tertiary/aromatic N) is 1. The summed E-state index contributed by atoms with van der Waals surface area (Å²) in [7, 11) is -3.12. The van der Waals surface area contributed by atoms with Crippen LogP contribution in [0.25, 0.3) is 0 Å². The van der Waals surface area contributed by atoms with Gasteiger partial charge in [-0.3, -0.25) is 9.59 Å². The van der Waals surface area contributed by atoms with E-state index in [0.29, 0.717) is 12.8 Å². The van der Waals surface area contributed by atoms with Crippen molar-refractivity contribution in [1.29, 1.82) is 0 Å². The maximum atomic E-state index is 12.6. The summed E-state index contributed by atoms with van der Waals surface area (Å²) in [6, 6.07) is 0. The molecule has 0 unspecified atom stereocenters. The highest BCUT2D eigenvalue weighted by Gasteiger charge is 2.41. The Morgan fingerprint density at radius 3 is 2.30 bits per heavy atom. The van der Waals surface area contributed by atoms with Crippen LogP contribution in [0.1, 0.15) is 40.0 Å². The zero-order valence-electron chi connectivity index (χ0n) is 12.4. The van der Waals surface area contributed by atoms with Crippen LogP contribution in [-0.4, -0.2) is 55.3 Å². The predicted molar refractivity (Wildman–Crippen MR) is 77.0 cm³/mol. The van der Waals surface area contributed by atoms with Crippen molar-refractivity contribution in [1.82, 2.24) is 10.2 Å². The van der Waals surface area contributed by atoms with Gasteiger partial charge in [0.2, 0.25) is 11.8 Å². The van der Waals surface area contributed by atoms with E-state index < -0.39 is 15.4 Å². The van der Waals surface area contributed by atoms with Crippen molar-refractivity contribution in [2.75, 3.05) is 24.6 Å². The second-order valence-corrected chi connectivity index (χ2v) is 7.59. The summed E-state index contributed by atoms with van der Waals surface area (Å²) >= 11 is 0. The lowest BCUT2D eigenvalue weighted by atomic mass is 9.91. The lowest BCUT2D eigenvalue weighted by molar-refractivity contribution is -0.139. The van der Waals surface area contributed by atoms with E-state index in [1.165, 1.54) is 4.90 Å². The first-order valence-corrected chi connectivity index (χ1v) is 8.93. The minimum Gasteiger partial charge on any atom is -0.342 e. The number of nitrogens with one attached hydrogen (secondary N) is 1. The molecule has 20 heavy (non-hydrogen) atoms. The predicted octanol–water partition coefficient (Wildman–Crippen LogP) is 0.328. The highest BCUT2D eigenvalue weighted by Crippen LogP contribution is 2.21. The Morgan fingerprint density at radius 2 is 1.80 bits per heavy atom. The number of amides is 2. The van der Waals surface area contributed by atoms with Crippen molar-refractivity contribution in [3.8, 4) is 0 Å². The minimum absolute atomic E-state index is 0.0487. The molecule has 116 valence electrons. The third kappa shape index (κ3) is 3.71. The molecule has 0 saturated carbocycles. The largest absolute Gasteiger partial charge is 0.342 e. The number of sulfone groups is 1. The lowest BCUT2D eigenvalue weighted by Gasteiger charge is -2.33. The van der Waals surface area contributed by atoms with Gasteiger partial charge < -0.3 is 10.2 Å². The molecular formula is C13H24N2O4S. The molecule has 1 fully saturated rings. The second-order valence-electron chi connectivity index (χ2n) is 5.12. The molecule has 1 heterocycles. The molecule has 0 aliphatic carbocycles. The topological polar surface area (TPSA) is 83.6 Å². The molecule has 0 atom stereocenters. The molecule has 1 rings (SSSR count). The molecule has 0 aromatic heterocycles. The molecule has 6 nitrogen and oxygen atoms in total. The van der Waals surface area contributed by atoms with Crippen LogP contribution in [-0.2, 0) is 19.4 Å². The van der Waals surface area contributed by atoms with Crippen LogP contribution in [0.3, 0.4) is 0 Å². The van der Waals surface area contributed by atoms with Crippen LogP contribution in [0.2, 0.25) is 0 Å². The zero-order chi connectivity index (χ0) is 15.4. The van der Waals surface area contributed by atoms with E-state index in [0.717, 1.165) is 0 Å². The zero-order valence-corrected chi connectivity index (χ0v) is 13.3. The standard InChI is InChI=1S/C13H24N2O4S/c1-4-13(5-2)12(17)15(8-7-11(16)14-13)9-10-20(18,19)6-3/h4-10H2,1-3H3,(H,14,16). The van der Waals surface area contributed by atoms with Crippen LogP contribution < -0.4 is 5.32 Å². The monoisotopic (exact) mass is 304 g/mol. The van der Waals surface area contributed by atoms with E-state index >= 15 is 0 Å². The van der Waals surface area contributed by atoms with Crippen LogP contribution in [0.15, 0.2) is 0 Å². The summed E-state index contributed by atoms with van der Waals surface area (Å²) in [5.74, 6) is -0.297. The summed E-state index contributed by atoms with van der Waals surface area (Å²) in [5.41, 5.74) is -0.885. The van der Waals surface area contributed by atoms with Gasteiger partial charge in [0.05, 0.1) is 5.75 Å². The van der Waals surface area contributed by atoms with Gasteiger partial charge in [-0.25, -0.2) is 8.42 Å². The van der Waals surface area contributed by atoms with Gasteiger partial charge in [0, 0.05) is 25.3 Å². The average Bonchev–Trinajstić information content (AvgIpc) is 2.55. The molecule has 0 spiro atoms. The SMILES string of the molecule is CCC1(CC)NC(=O)CCN(CCS(=O)(=O)CC)C1=O. The molecule has 1 aliphatic rings. The molecule has 0 bridgehead atoms. The van der Waals surface area contributed by atoms with Crippen molar-refractivity contribution in [2.24, 2.45) is 0 Å². The molecule has 1 N–H and O–H groups in total. The van der Waals surface area contributed by atoms with Crippen molar-refractivity contribution >= 4 is 21.7 Å². The number of rotatable bonds is 6. The van der Waals surface area contributed by atoms with Crippen molar-refractivity contribution < 1.29 is 18.0 Å². The Hall–Kier alpha value is -1.11. The average molecular weight is 304 g/mol. The Balaban J connectivity index is 2.91. The summed E-state index contributed by atoms with van der Waals surface area (Å²) < 4.78 is 23.2. The molecular weight excluding hydrogens is 280 g/mol. The van der Waals surface area contributed by atoms with Crippen molar-refractivity contribution in [3.05, 3.63) is 0 Å². The fourth-order valence-corrected chi connectivity index (χ4v) is 3.15. The third-order valence-corrected chi connectivity index (χ3v) is 5.69. The van der Waals surface area contributed by atoms with Gasteiger partial charge in [-0.15, -0.1) is 0 Å². The fraction of sp³-hybridized carbons (Fsp3) is 0.846. The summed E-state index contributed by atoms with van der Waals surface area (Å²) in [6.07, 6.45) is 1.23. The quantitative estimate of drug-likeness (QED) is 0.766. The van der Waals surface area contributed by atoms with Gasteiger partial charge in [-0.1, -0.05) is 20.8 Å². The minimum atomic E-state index is -3.12. The molecule has 1 aliphatic heterocycles. The highest BCUT2D eigenvalue weighted by molar-refractivity contribution is 7.91. The van der Waals surface area contributed by atoms with Crippen LogP contribution in [0, 0.1) is 0 Å². The van der Waals surface area contributed by atoms with Gasteiger partial charge in [-0.05, 0) is 12.8 Å². The first-order valence-electron chi connectivity index (χ1n) is 7.11. The van der Waals surface area contributed by atoms with Crippen molar-refractivity contribution in [3.63, 3.8) is 0 Å². The Labute approximate surface area is 120 Å². The highest BCUT2D eigenvalue weighted by atomic mass is 32.2. The number of carbonyl (C=O) groups excluding carboxylic acids is 2. The number of carbonyl (C=O) groups is 2. The van der Waals surface area contributed by atoms with Gasteiger partial charge in [0.1, 0.15) is 5.54 Å². The lowest BCUT2D eigenvalue weighted by Crippen LogP contribution is -2.56. The smallest absolute Gasteiger partial charge is 0.248 e. The van der Waals surface area contributed by atoms with E-state index in [1.54, 1.807) is 6.92 Å². The summed E-state index contributed by atoms with van der Waals surface area (Å²) in [6.45, 7) is 5.74. The first kappa shape index (κ1) is 16.9. The number of hydrogen-bond acceptors (Lipinski definition) is 4. The Bertz CT molecular complexity index is 469. The molecule has 0 aromatic carbocycles. The Kier molecular flexibility index (Phi) is 5.56. The molecule has 2 amide bonds. The van der Waals surface area contributed by atoms with Crippen LogP contribution in [0.5, 0.6) is 0 Å². The maximum absolute atomic E-state index is 12.6. The third-order valence-electron chi connectivity index (χ3n) is 4.00. The van der Waals surface area contributed by atoms with Crippen LogP contribution >= 0.6 is 0 Å². The van der Waals surface area contributed by atoms with Gasteiger partial charge in [-0.2, -0.15) is 0 Å².